The molecule has 0 saturated heterocycles. The maximum atomic E-state index is 13.0. The van der Waals surface area contributed by atoms with E-state index in [0.29, 0.717) is 41.9 Å². The van der Waals surface area contributed by atoms with Gasteiger partial charge in [-0.2, -0.15) is 14.1 Å². The first-order valence-electron chi connectivity index (χ1n) is 11.9. The lowest BCUT2D eigenvalue weighted by atomic mass is 10.2. The van der Waals surface area contributed by atoms with E-state index in [2.05, 4.69) is 10.4 Å². The van der Waals surface area contributed by atoms with Crippen molar-refractivity contribution in [3.63, 3.8) is 0 Å². The van der Waals surface area contributed by atoms with Crippen molar-refractivity contribution < 1.29 is 17.9 Å². The molecule has 0 aliphatic heterocycles. The number of benzene rings is 2. The van der Waals surface area contributed by atoms with Gasteiger partial charge in [-0.15, -0.1) is 11.3 Å². The number of hydrogen-bond acceptors (Lipinski definition) is 7. The molecule has 1 N–H and O–H groups in total. The van der Waals surface area contributed by atoms with Gasteiger partial charge in [0.05, 0.1) is 22.9 Å². The average Bonchev–Trinajstić information content (AvgIpc) is 3.52. The van der Waals surface area contributed by atoms with Crippen molar-refractivity contribution in [1.29, 1.82) is 0 Å². The van der Waals surface area contributed by atoms with E-state index in [9.17, 15) is 13.2 Å². The second kappa shape index (κ2) is 11.2. The Hall–Kier alpha value is -3.54. The van der Waals surface area contributed by atoms with Crippen LogP contribution < -0.4 is 10.1 Å². The molecule has 37 heavy (non-hydrogen) atoms. The maximum absolute atomic E-state index is 13.0. The van der Waals surface area contributed by atoms with E-state index < -0.39 is 10.0 Å². The largest absolute Gasteiger partial charge is 0.494 e. The van der Waals surface area contributed by atoms with E-state index in [0.717, 1.165) is 17.0 Å². The van der Waals surface area contributed by atoms with E-state index in [1.54, 1.807) is 24.6 Å². The standard InChI is InChI=1S/C26H29N5O4S2/c1-5-30(6-2)37(33,34)22-14-10-20(11-15-22)25(32)28-24-16-18(4)29-31(24)26-27-23(17-36-26)19-8-12-21(13-9-19)35-7-3/h8-17H,5-7H2,1-4H3,(H,28,32). The summed E-state index contributed by atoms with van der Waals surface area (Å²) in [6.45, 7) is 8.71. The lowest BCUT2D eigenvalue weighted by Gasteiger charge is -2.18. The Bertz CT molecular complexity index is 1470. The van der Waals surface area contributed by atoms with Gasteiger partial charge in [0.25, 0.3) is 5.91 Å². The first kappa shape index (κ1) is 26.5. The number of ether oxygens (including phenoxy) is 1. The first-order valence-corrected chi connectivity index (χ1v) is 14.3. The molecule has 194 valence electrons. The summed E-state index contributed by atoms with van der Waals surface area (Å²) in [5.74, 6) is 0.888. The second-order valence-corrected chi connectivity index (χ2v) is 10.9. The van der Waals surface area contributed by atoms with E-state index in [1.807, 2.05) is 43.5 Å². The summed E-state index contributed by atoms with van der Waals surface area (Å²) in [7, 11) is -3.59. The zero-order valence-corrected chi connectivity index (χ0v) is 22.8. The fourth-order valence-electron chi connectivity index (χ4n) is 3.80. The molecular formula is C26H29N5O4S2. The monoisotopic (exact) mass is 539 g/mol. The Morgan fingerprint density at radius 3 is 2.35 bits per heavy atom. The molecule has 1 amide bonds. The van der Waals surface area contributed by atoms with Gasteiger partial charge in [-0.05, 0) is 62.4 Å². The molecule has 0 atom stereocenters. The normalized spacial score (nSPS) is 11.6. The minimum atomic E-state index is -3.59. The molecule has 0 fully saturated rings. The Labute approximate surface area is 220 Å². The van der Waals surface area contributed by atoms with Crippen LogP contribution in [0.15, 0.2) is 64.9 Å². The zero-order chi connectivity index (χ0) is 26.6. The summed E-state index contributed by atoms with van der Waals surface area (Å²) in [5, 5.41) is 9.91. The number of anilines is 1. The molecular weight excluding hydrogens is 510 g/mol. The van der Waals surface area contributed by atoms with Gasteiger partial charge >= 0.3 is 0 Å². The van der Waals surface area contributed by atoms with Crippen molar-refractivity contribution in [1.82, 2.24) is 19.1 Å². The smallest absolute Gasteiger partial charge is 0.256 e. The molecule has 4 rings (SSSR count). The van der Waals surface area contributed by atoms with Crippen molar-refractivity contribution in [3.05, 3.63) is 71.2 Å². The predicted molar refractivity (Wildman–Crippen MR) is 145 cm³/mol. The molecule has 0 radical (unpaired) electrons. The fourth-order valence-corrected chi connectivity index (χ4v) is 6.05. The number of thiazole rings is 1. The molecule has 2 aromatic heterocycles. The molecule has 0 bridgehead atoms. The van der Waals surface area contributed by atoms with Crippen molar-refractivity contribution in [2.75, 3.05) is 25.0 Å². The number of nitrogens with one attached hydrogen (secondary N) is 1. The zero-order valence-electron chi connectivity index (χ0n) is 21.1. The van der Waals surface area contributed by atoms with Crippen LogP contribution in [0.25, 0.3) is 16.4 Å². The highest BCUT2D eigenvalue weighted by Crippen LogP contribution is 2.28. The molecule has 0 saturated carbocycles. The van der Waals surface area contributed by atoms with E-state index >= 15 is 0 Å². The Morgan fingerprint density at radius 2 is 1.73 bits per heavy atom. The first-order chi connectivity index (χ1) is 17.8. The van der Waals surface area contributed by atoms with Gasteiger partial charge < -0.3 is 10.1 Å². The minimum Gasteiger partial charge on any atom is -0.494 e. The molecule has 2 aromatic carbocycles. The molecule has 0 aliphatic rings. The summed E-state index contributed by atoms with van der Waals surface area (Å²) >= 11 is 1.41. The Balaban J connectivity index is 1.53. The number of aromatic nitrogens is 3. The summed E-state index contributed by atoms with van der Waals surface area (Å²) < 4.78 is 33.9. The van der Waals surface area contributed by atoms with Gasteiger partial charge in [-0.3, -0.25) is 4.79 Å². The van der Waals surface area contributed by atoms with Crippen LogP contribution in [0.5, 0.6) is 5.75 Å². The van der Waals surface area contributed by atoms with Gasteiger partial charge in [-0.1, -0.05) is 13.8 Å². The highest BCUT2D eigenvalue weighted by atomic mass is 32.2. The Kier molecular flexibility index (Phi) is 8.06. The summed E-state index contributed by atoms with van der Waals surface area (Å²) in [6.07, 6.45) is 0. The Morgan fingerprint density at radius 1 is 1.05 bits per heavy atom. The van der Waals surface area contributed by atoms with Crippen molar-refractivity contribution >= 4 is 33.1 Å². The molecule has 4 aromatic rings. The molecule has 11 heteroatoms. The van der Waals surface area contributed by atoms with Gasteiger partial charge in [0.1, 0.15) is 11.6 Å². The summed E-state index contributed by atoms with van der Waals surface area (Å²) in [4.78, 5) is 17.8. The van der Waals surface area contributed by atoms with Gasteiger partial charge in [0, 0.05) is 35.7 Å². The third-order valence-electron chi connectivity index (χ3n) is 5.67. The highest BCUT2D eigenvalue weighted by molar-refractivity contribution is 7.89. The van der Waals surface area contributed by atoms with Gasteiger partial charge in [0.2, 0.25) is 15.2 Å². The number of hydrogen-bond donors (Lipinski definition) is 1. The van der Waals surface area contributed by atoms with Crippen LogP contribution >= 0.6 is 11.3 Å². The molecule has 0 spiro atoms. The fraction of sp³-hybridized carbons (Fsp3) is 0.269. The molecule has 9 nitrogen and oxygen atoms in total. The second-order valence-electron chi connectivity index (χ2n) is 8.12. The van der Waals surface area contributed by atoms with E-state index in [1.165, 1.54) is 39.9 Å². The third kappa shape index (κ3) is 5.74. The topological polar surface area (TPSA) is 106 Å². The number of carbonyl (C=O) groups excluding carboxylic acids is 1. The van der Waals surface area contributed by atoms with Crippen LogP contribution in [0.2, 0.25) is 0 Å². The molecule has 2 heterocycles. The highest BCUT2D eigenvalue weighted by Gasteiger charge is 2.22. The van der Waals surface area contributed by atoms with Crippen molar-refractivity contribution in [2.45, 2.75) is 32.6 Å². The van der Waals surface area contributed by atoms with Crippen LogP contribution in [0.1, 0.15) is 36.8 Å². The van der Waals surface area contributed by atoms with Crippen LogP contribution in [-0.4, -0.2) is 53.1 Å². The van der Waals surface area contributed by atoms with Crippen LogP contribution in [-0.2, 0) is 10.0 Å². The summed E-state index contributed by atoms with van der Waals surface area (Å²) in [5.41, 5.74) is 2.78. The quantitative estimate of drug-likeness (QED) is 0.304. The SMILES string of the molecule is CCOc1ccc(-c2csc(-n3nc(C)cc3NC(=O)c3ccc(S(=O)(=O)N(CC)CC)cc3)n2)cc1. The number of rotatable bonds is 10. The van der Waals surface area contributed by atoms with Crippen LogP contribution in [0.4, 0.5) is 5.82 Å². The van der Waals surface area contributed by atoms with Gasteiger partial charge in [-0.25, -0.2) is 13.4 Å². The maximum Gasteiger partial charge on any atom is 0.256 e. The number of carbonyl (C=O) groups is 1. The van der Waals surface area contributed by atoms with Crippen LogP contribution in [0, 0.1) is 6.92 Å². The number of aryl methyl sites for hydroxylation is 1. The van der Waals surface area contributed by atoms with Crippen molar-refractivity contribution in [2.24, 2.45) is 0 Å². The minimum absolute atomic E-state index is 0.151. The van der Waals surface area contributed by atoms with E-state index in [-0.39, 0.29) is 10.8 Å². The number of nitrogens with zero attached hydrogens (tertiary/aromatic N) is 4. The van der Waals surface area contributed by atoms with Gasteiger partial charge in [0.15, 0.2) is 0 Å². The van der Waals surface area contributed by atoms with Crippen molar-refractivity contribution in [3.8, 4) is 22.1 Å². The van der Waals surface area contributed by atoms with E-state index in [4.69, 9.17) is 9.72 Å². The summed E-state index contributed by atoms with van der Waals surface area (Å²) in [6, 6.07) is 15.4. The van der Waals surface area contributed by atoms with Crippen LogP contribution in [0.3, 0.4) is 0 Å². The average molecular weight is 540 g/mol. The lowest BCUT2D eigenvalue weighted by Crippen LogP contribution is -2.30. The number of amides is 1. The third-order valence-corrected chi connectivity index (χ3v) is 8.55. The number of sulfonamides is 1. The lowest BCUT2D eigenvalue weighted by molar-refractivity contribution is 0.102. The predicted octanol–water partition coefficient (Wildman–Crippen LogP) is 4.99. The molecule has 0 unspecified atom stereocenters. The molecule has 0 aliphatic carbocycles.